The number of benzene rings is 1. The average Bonchev–Trinajstić information content (AvgIpc) is 2.79. The molecule has 1 aliphatic rings. The van der Waals surface area contributed by atoms with Crippen molar-refractivity contribution in [1.82, 2.24) is 0 Å². The number of hydrogen-bond donors (Lipinski definition) is 2. The first-order chi connectivity index (χ1) is 9.40. The van der Waals surface area contributed by atoms with Crippen LogP contribution in [0.25, 0.3) is 0 Å². The molecule has 20 heavy (non-hydrogen) atoms. The smallest absolute Gasteiger partial charge is 0.307 e. The predicted octanol–water partition coefficient (Wildman–Crippen LogP) is 2.10. The maximum Gasteiger partial charge on any atom is 0.307 e. The van der Waals surface area contributed by atoms with E-state index in [9.17, 15) is 19.8 Å². The highest BCUT2D eigenvalue weighted by atomic mass is 16.4. The Morgan fingerprint density at radius 2 is 1.90 bits per heavy atom. The van der Waals surface area contributed by atoms with E-state index in [4.69, 9.17) is 0 Å². The maximum absolute atomic E-state index is 12.5. The van der Waals surface area contributed by atoms with Crippen LogP contribution in [0, 0.1) is 17.8 Å². The van der Waals surface area contributed by atoms with E-state index in [1.165, 1.54) is 17.0 Å². The number of carbonyl (C=O) groups is 2. The van der Waals surface area contributed by atoms with Crippen LogP contribution in [0.4, 0.5) is 5.69 Å². The monoisotopic (exact) mass is 277 g/mol. The van der Waals surface area contributed by atoms with Crippen LogP contribution in [-0.4, -0.2) is 29.1 Å². The molecule has 0 aliphatic heterocycles. The molecular weight excluding hydrogens is 258 g/mol. The largest absolute Gasteiger partial charge is 0.508 e. The quantitative estimate of drug-likeness (QED) is 0.887. The van der Waals surface area contributed by atoms with Crippen molar-refractivity contribution in [3.05, 3.63) is 24.3 Å². The summed E-state index contributed by atoms with van der Waals surface area (Å²) in [6, 6.07) is 6.39. The SMILES string of the molecule is CC1C[C@H](C(=O)N(C)c2cccc(O)c2)[C@H](C(=O)O)C1. The van der Waals surface area contributed by atoms with Crippen LogP contribution >= 0.6 is 0 Å². The third kappa shape index (κ3) is 2.76. The van der Waals surface area contributed by atoms with Gasteiger partial charge in [-0.15, -0.1) is 0 Å². The highest BCUT2D eigenvalue weighted by Gasteiger charge is 2.42. The number of phenols is 1. The van der Waals surface area contributed by atoms with Gasteiger partial charge in [-0.3, -0.25) is 9.59 Å². The number of aromatic hydroxyl groups is 1. The van der Waals surface area contributed by atoms with Crippen molar-refractivity contribution in [2.24, 2.45) is 17.8 Å². The van der Waals surface area contributed by atoms with Gasteiger partial charge in [-0.05, 0) is 30.9 Å². The molecule has 1 saturated carbocycles. The van der Waals surface area contributed by atoms with E-state index in [0.717, 1.165) is 0 Å². The van der Waals surface area contributed by atoms with Crippen molar-refractivity contribution < 1.29 is 19.8 Å². The van der Waals surface area contributed by atoms with Crippen molar-refractivity contribution in [2.45, 2.75) is 19.8 Å². The lowest BCUT2D eigenvalue weighted by molar-refractivity contribution is -0.145. The Kier molecular flexibility index (Phi) is 3.97. The molecule has 1 amide bonds. The van der Waals surface area contributed by atoms with Crippen molar-refractivity contribution in [3.63, 3.8) is 0 Å². The van der Waals surface area contributed by atoms with E-state index in [0.29, 0.717) is 18.5 Å². The van der Waals surface area contributed by atoms with Crippen LogP contribution in [-0.2, 0) is 9.59 Å². The molecule has 1 unspecified atom stereocenters. The number of carboxylic acid groups (broad SMARTS) is 1. The fourth-order valence-corrected chi connectivity index (χ4v) is 2.92. The zero-order chi connectivity index (χ0) is 14.9. The molecule has 1 fully saturated rings. The lowest BCUT2D eigenvalue weighted by Gasteiger charge is -2.23. The van der Waals surface area contributed by atoms with Gasteiger partial charge in [-0.25, -0.2) is 0 Å². The van der Waals surface area contributed by atoms with Gasteiger partial charge in [-0.1, -0.05) is 13.0 Å². The Morgan fingerprint density at radius 1 is 1.25 bits per heavy atom. The molecule has 1 aromatic rings. The Labute approximate surface area is 117 Å². The third-order valence-corrected chi connectivity index (χ3v) is 3.98. The first-order valence-corrected chi connectivity index (χ1v) is 6.69. The average molecular weight is 277 g/mol. The fraction of sp³-hybridized carbons (Fsp3) is 0.467. The number of aliphatic carboxylic acids is 1. The third-order valence-electron chi connectivity index (χ3n) is 3.98. The molecule has 5 nitrogen and oxygen atoms in total. The minimum Gasteiger partial charge on any atom is -0.508 e. The first-order valence-electron chi connectivity index (χ1n) is 6.69. The standard InChI is InChI=1S/C15H19NO4/c1-9-6-12(13(7-9)15(19)20)14(18)16(2)10-4-3-5-11(17)8-10/h3-5,8-9,12-13,17H,6-7H2,1-2H3,(H,19,20)/t9?,12-,13+/m0/s1. The number of amides is 1. The second-order valence-corrected chi connectivity index (χ2v) is 5.54. The van der Waals surface area contributed by atoms with Gasteiger partial charge in [0.2, 0.25) is 5.91 Å². The molecule has 108 valence electrons. The molecule has 3 atom stereocenters. The highest BCUT2D eigenvalue weighted by Crippen LogP contribution is 2.38. The molecule has 0 heterocycles. The first kappa shape index (κ1) is 14.4. The second-order valence-electron chi connectivity index (χ2n) is 5.54. The Hall–Kier alpha value is -2.04. The number of rotatable bonds is 3. The summed E-state index contributed by atoms with van der Waals surface area (Å²) in [4.78, 5) is 25.2. The summed E-state index contributed by atoms with van der Waals surface area (Å²) in [6.45, 7) is 1.97. The molecule has 0 aromatic heterocycles. The summed E-state index contributed by atoms with van der Waals surface area (Å²) in [5, 5.41) is 18.7. The van der Waals surface area contributed by atoms with E-state index in [2.05, 4.69) is 0 Å². The van der Waals surface area contributed by atoms with Crippen LogP contribution in [0.15, 0.2) is 24.3 Å². The summed E-state index contributed by atoms with van der Waals surface area (Å²) in [6.07, 6.45) is 1.14. The van der Waals surface area contributed by atoms with Crippen LogP contribution < -0.4 is 4.90 Å². The van der Waals surface area contributed by atoms with Gasteiger partial charge in [0.05, 0.1) is 11.8 Å². The number of hydrogen-bond acceptors (Lipinski definition) is 3. The molecule has 2 N–H and O–H groups in total. The second kappa shape index (κ2) is 5.53. The highest BCUT2D eigenvalue weighted by molar-refractivity contribution is 5.97. The zero-order valence-corrected chi connectivity index (χ0v) is 11.6. The van der Waals surface area contributed by atoms with E-state index < -0.39 is 17.8 Å². The number of nitrogens with zero attached hydrogens (tertiary/aromatic N) is 1. The van der Waals surface area contributed by atoms with E-state index in [-0.39, 0.29) is 17.6 Å². The summed E-state index contributed by atoms with van der Waals surface area (Å²) in [5.74, 6) is -1.89. The Balaban J connectivity index is 2.20. The molecule has 0 spiro atoms. The molecule has 1 aliphatic carbocycles. The van der Waals surface area contributed by atoms with Crippen molar-refractivity contribution >= 4 is 17.6 Å². The lowest BCUT2D eigenvalue weighted by atomic mass is 9.94. The van der Waals surface area contributed by atoms with Crippen molar-refractivity contribution in [3.8, 4) is 5.75 Å². The van der Waals surface area contributed by atoms with E-state index in [1.54, 1.807) is 19.2 Å². The Bertz CT molecular complexity index is 528. The van der Waals surface area contributed by atoms with Gasteiger partial charge < -0.3 is 15.1 Å². The molecule has 5 heteroatoms. The molecular formula is C15H19NO4. The number of anilines is 1. The maximum atomic E-state index is 12.5. The summed E-state index contributed by atoms with van der Waals surface area (Å²) in [7, 11) is 1.61. The molecule has 0 radical (unpaired) electrons. The number of carbonyl (C=O) groups excluding carboxylic acids is 1. The fourth-order valence-electron chi connectivity index (χ4n) is 2.92. The van der Waals surface area contributed by atoms with Gasteiger partial charge in [0.15, 0.2) is 0 Å². The van der Waals surface area contributed by atoms with Crippen LogP contribution in [0.2, 0.25) is 0 Å². The minimum atomic E-state index is -0.906. The number of phenolic OH excluding ortho intramolecular Hbond substituents is 1. The van der Waals surface area contributed by atoms with Gasteiger partial charge in [-0.2, -0.15) is 0 Å². The van der Waals surface area contributed by atoms with Crippen LogP contribution in [0.1, 0.15) is 19.8 Å². The molecule has 0 saturated heterocycles. The number of carboxylic acids is 1. The summed E-state index contributed by atoms with van der Waals surface area (Å²) in [5.41, 5.74) is 0.568. The van der Waals surface area contributed by atoms with Gasteiger partial charge in [0.1, 0.15) is 5.75 Å². The normalized spacial score (nSPS) is 25.4. The molecule has 2 rings (SSSR count). The van der Waals surface area contributed by atoms with Crippen LogP contribution in [0.3, 0.4) is 0 Å². The lowest BCUT2D eigenvalue weighted by Crippen LogP contribution is -2.36. The van der Waals surface area contributed by atoms with E-state index >= 15 is 0 Å². The summed E-state index contributed by atoms with van der Waals surface area (Å²) >= 11 is 0. The summed E-state index contributed by atoms with van der Waals surface area (Å²) < 4.78 is 0. The zero-order valence-electron chi connectivity index (χ0n) is 11.6. The Morgan fingerprint density at radius 3 is 2.50 bits per heavy atom. The van der Waals surface area contributed by atoms with Crippen LogP contribution in [0.5, 0.6) is 5.75 Å². The predicted molar refractivity (Wildman–Crippen MR) is 74.5 cm³/mol. The minimum absolute atomic E-state index is 0.0803. The molecule has 0 bridgehead atoms. The van der Waals surface area contributed by atoms with Crippen molar-refractivity contribution in [1.29, 1.82) is 0 Å². The van der Waals surface area contributed by atoms with Crippen molar-refractivity contribution in [2.75, 3.05) is 11.9 Å². The molecule has 1 aromatic carbocycles. The topological polar surface area (TPSA) is 77.8 Å². The van der Waals surface area contributed by atoms with Gasteiger partial charge in [0.25, 0.3) is 0 Å². The van der Waals surface area contributed by atoms with E-state index in [1.807, 2.05) is 6.92 Å². The van der Waals surface area contributed by atoms with Gasteiger partial charge in [0, 0.05) is 18.8 Å². The van der Waals surface area contributed by atoms with Gasteiger partial charge >= 0.3 is 5.97 Å².